The lowest BCUT2D eigenvalue weighted by Crippen LogP contribution is -2.40. The fraction of sp³-hybridized carbons (Fsp3) is 0.625. The van der Waals surface area contributed by atoms with E-state index in [1.807, 2.05) is 6.92 Å². The second-order valence-corrected chi connectivity index (χ2v) is 5.68. The number of halogens is 1. The summed E-state index contributed by atoms with van der Waals surface area (Å²) in [6.07, 6.45) is 1.66. The molecule has 0 spiro atoms. The lowest BCUT2D eigenvalue weighted by Gasteiger charge is -2.34. The van der Waals surface area contributed by atoms with Crippen LogP contribution >= 0.6 is 0 Å². The minimum Gasteiger partial charge on any atom is -0.388 e. The van der Waals surface area contributed by atoms with Crippen LogP contribution in [-0.2, 0) is 4.74 Å². The van der Waals surface area contributed by atoms with E-state index in [1.54, 1.807) is 25.3 Å². The van der Waals surface area contributed by atoms with Gasteiger partial charge < -0.3 is 14.7 Å². The van der Waals surface area contributed by atoms with E-state index in [2.05, 4.69) is 4.90 Å². The Morgan fingerprint density at radius 2 is 2.00 bits per heavy atom. The number of ether oxygens (including phenoxy) is 1. The summed E-state index contributed by atoms with van der Waals surface area (Å²) >= 11 is 0. The second-order valence-electron chi connectivity index (χ2n) is 5.68. The quantitative estimate of drug-likeness (QED) is 0.900. The highest BCUT2D eigenvalue weighted by Gasteiger charge is 2.24. The molecule has 112 valence electrons. The Hall–Kier alpha value is -0.970. The summed E-state index contributed by atoms with van der Waals surface area (Å²) in [6.45, 7) is 4.71. The fourth-order valence-corrected chi connectivity index (χ4v) is 2.86. The first-order valence-corrected chi connectivity index (χ1v) is 7.29. The van der Waals surface area contributed by atoms with E-state index in [-0.39, 0.29) is 11.7 Å². The van der Waals surface area contributed by atoms with Crippen LogP contribution in [0.5, 0.6) is 0 Å². The summed E-state index contributed by atoms with van der Waals surface area (Å²) in [4.78, 5) is 2.32. The van der Waals surface area contributed by atoms with Crippen LogP contribution in [0.1, 0.15) is 31.4 Å². The van der Waals surface area contributed by atoms with Crippen LogP contribution in [0.15, 0.2) is 24.3 Å². The number of nitrogens with zero attached hydrogens (tertiary/aromatic N) is 1. The highest BCUT2D eigenvalue weighted by atomic mass is 19.1. The molecule has 2 unspecified atom stereocenters. The highest BCUT2D eigenvalue weighted by molar-refractivity contribution is 5.20. The lowest BCUT2D eigenvalue weighted by atomic mass is 9.95. The number of aliphatic hydroxyl groups excluding tert-OH is 1. The lowest BCUT2D eigenvalue weighted by molar-refractivity contribution is 0.0241. The predicted octanol–water partition coefficient (Wildman–Crippen LogP) is 2.61. The van der Waals surface area contributed by atoms with Crippen LogP contribution in [0.2, 0.25) is 0 Å². The average Bonchev–Trinajstić information content (AvgIpc) is 2.48. The van der Waals surface area contributed by atoms with E-state index in [1.165, 1.54) is 6.07 Å². The summed E-state index contributed by atoms with van der Waals surface area (Å²) in [7, 11) is 1.75. The maximum absolute atomic E-state index is 13.7. The molecular weight excluding hydrogens is 257 g/mol. The van der Waals surface area contributed by atoms with Crippen molar-refractivity contribution in [2.75, 3.05) is 26.7 Å². The van der Waals surface area contributed by atoms with Crippen LogP contribution in [0.3, 0.4) is 0 Å². The molecule has 1 aromatic rings. The first-order valence-electron chi connectivity index (χ1n) is 7.29. The van der Waals surface area contributed by atoms with E-state index in [9.17, 15) is 9.50 Å². The molecule has 1 saturated heterocycles. The van der Waals surface area contributed by atoms with E-state index >= 15 is 0 Å². The third-order valence-corrected chi connectivity index (χ3v) is 4.18. The monoisotopic (exact) mass is 281 g/mol. The van der Waals surface area contributed by atoms with Gasteiger partial charge in [0, 0.05) is 32.3 Å². The van der Waals surface area contributed by atoms with Crippen molar-refractivity contribution in [2.45, 2.75) is 32.0 Å². The van der Waals surface area contributed by atoms with Crippen molar-refractivity contribution in [1.82, 2.24) is 4.90 Å². The van der Waals surface area contributed by atoms with Gasteiger partial charge in [-0.2, -0.15) is 0 Å². The molecule has 1 heterocycles. The minimum atomic E-state index is -0.753. The maximum Gasteiger partial charge on any atom is 0.129 e. The Labute approximate surface area is 120 Å². The van der Waals surface area contributed by atoms with E-state index < -0.39 is 6.10 Å². The normalized spacial score (nSPS) is 20.8. The van der Waals surface area contributed by atoms with Gasteiger partial charge in [0.05, 0.1) is 12.2 Å². The van der Waals surface area contributed by atoms with E-state index in [4.69, 9.17) is 4.74 Å². The number of hydrogen-bond donors (Lipinski definition) is 1. The topological polar surface area (TPSA) is 32.7 Å². The highest BCUT2D eigenvalue weighted by Crippen LogP contribution is 2.26. The molecule has 1 aliphatic rings. The molecule has 0 bridgehead atoms. The summed E-state index contributed by atoms with van der Waals surface area (Å²) < 4.78 is 19.0. The zero-order chi connectivity index (χ0) is 14.5. The van der Waals surface area contributed by atoms with Crippen LogP contribution in [0.25, 0.3) is 0 Å². The van der Waals surface area contributed by atoms with Crippen molar-refractivity contribution < 1.29 is 14.2 Å². The van der Waals surface area contributed by atoms with Crippen molar-refractivity contribution in [3.63, 3.8) is 0 Å². The molecule has 2 atom stereocenters. The van der Waals surface area contributed by atoms with Gasteiger partial charge in [-0.25, -0.2) is 4.39 Å². The summed E-state index contributed by atoms with van der Waals surface area (Å²) in [5.41, 5.74) is 0.395. The van der Waals surface area contributed by atoms with Gasteiger partial charge in [0.15, 0.2) is 0 Å². The van der Waals surface area contributed by atoms with Gasteiger partial charge in [-0.15, -0.1) is 0 Å². The third-order valence-electron chi connectivity index (χ3n) is 4.18. The van der Waals surface area contributed by atoms with Crippen molar-refractivity contribution in [3.8, 4) is 0 Å². The Balaban J connectivity index is 1.89. The zero-order valence-corrected chi connectivity index (χ0v) is 12.3. The third kappa shape index (κ3) is 3.78. The van der Waals surface area contributed by atoms with Crippen LogP contribution in [-0.4, -0.2) is 42.9 Å². The van der Waals surface area contributed by atoms with Gasteiger partial charge in [0.1, 0.15) is 5.82 Å². The van der Waals surface area contributed by atoms with Crippen molar-refractivity contribution in [2.24, 2.45) is 5.92 Å². The first kappa shape index (κ1) is 15.4. The Morgan fingerprint density at radius 3 is 2.60 bits per heavy atom. The summed E-state index contributed by atoms with van der Waals surface area (Å²) in [5.74, 6) is -0.323. The van der Waals surface area contributed by atoms with E-state index in [0.717, 1.165) is 32.5 Å². The number of benzene rings is 1. The molecule has 3 nitrogen and oxygen atoms in total. The standard InChI is InChI=1S/C16H24FNO2/c1-12(11-18-9-7-13(20-2)8-10-18)16(19)14-5-3-4-6-15(14)17/h3-6,12-13,16,19H,7-11H2,1-2H3. The molecular formula is C16H24FNO2. The zero-order valence-electron chi connectivity index (χ0n) is 12.3. The van der Waals surface area contributed by atoms with Crippen molar-refractivity contribution in [1.29, 1.82) is 0 Å². The number of hydrogen-bond acceptors (Lipinski definition) is 3. The molecule has 0 saturated carbocycles. The molecule has 2 rings (SSSR count). The second kappa shape index (κ2) is 7.16. The number of piperidine rings is 1. The largest absolute Gasteiger partial charge is 0.388 e. The molecule has 20 heavy (non-hydrogen) atoms. The summed E-state index contributed by atoms with van der Waals surface area (Å²) in [5, 5.41) is 10.3. The van der Waals surface area contributed by atoms with Gasteiger partial charge in [0.2, 0.25) is 0 Å². The van der Waals surface area contributed by atoms with Gasteiger partial charge in [-0.05, 0) is 24.8 Å². The minimum absolute atomic E-state index is 0.00555. The Morgan fingerprint density at radius 1 is 1.35 bits per heavy atom. The average molecular weight is 281 g/mol. The molecule has 4 heteroatoms. The molecule has 0 aliphatic carbocycles. The maximum atomic E-state index is 13.7. The van der Waals surface area contributed by atoms with Crippen molar-refractivity contribution in [3.05, 3.63) is 35.6 Å². The van der Waals surface area contributed by atoms with Crippen LogP contribution in [0.4, 0.5) is 4.39 Å². The molecule has 0 amide bonds. The fourth-order valence-electron chi connectivity index (χ4n) is 2.86. The van der Waals surface area contributed by atoms with Gasteiger partial charge >= 0.3 is 0 Å². The van der Waals surface area contributed by atoms with Gasteiger partial charge in [0.25, 0.3) is 0 Å². The number of aliphatic hydroxyl groups is 1. The first-order chi connectivity index (χ1) is 9.61. The molecule has 1 aromatic carbocycles. The predicted molar refractivity (Wildman–Crippen MR) is 77.0 cm³/mol. The number of likely N-dealkylation sites (tertiary alicyclic amines) is 1. The SMILES string of the molecule is COC1CCN(CC(C)C(O)c2ccccc2F)CC1. The Kier molecular flexibility index (Phi) is 5.52. The molecule has 1 aliphatic heterocycles. The van der Waals surface area contributed by atoms with Crippen molar-refractivity contribution >= 4 is 0 Å². The van der Waals surface area contributed by atoms with Gasteiger partial charge in [-0.3, -0.25) is 0 Å². The molecule has 1 fully saturated rings. The number of rotatable bonds is 5. The van der Waals surface area contributed by atoms with Crippen LogP contribution < -0.4 is 0 Å². The van der Waals surface area contributed by atoms with E-state index in [0.29, 0.717) is 11.7 Å². The smallest absolute Gasteiger partial charge is 0.129 e. The molecule has 0 radical (unpaired) electrons. The number of methoxy groups -OCH3 is 1. The van der Waals surface area contributed by atoms with Gasteiger partial charge in [-0.1, -0.05) is 25.1 Å². The van der Waals surface area contributed by atoms with Crippen LogP contribution in [0, 0.1) is 11.7 Å². The molecule has 1 N–H and O–H groups in total. The molecule has 0 aromatic heterocycles. The summed E-state index contributed by atoms with van der Waals surface area (Å²) in [6, 6.07) is 6.47. The Bertz CT molecular complexity index is 419.